The highest BCUT2D eigenvalue weighted by atomic mass is 32.1. The lowest BCUT2D eigenvalue weighted by Gasteiger charge is -2.22. The summed E-state index contributed by atoms with van der Waals surface area (Å²) >= 11 is 1.38. The highest BCUT2D eigenvalue weighted by molar-refractivity contribution is 7.16. The first-order valence-corrected chi connectivity index (χ1v) is 10.2. The fraction of sp³-hybridized carbons (Fsp3) is 0.400. The molecular formula is C20H22N4O3S. The predicted octanol–water partition coefficient (Wildman–Crippen LogP) is 3.02. The normalized spacial score (nSPS) is 16.8. The number of nitrogens with zero attached hydrogens (tertiary/aromatic N) is 4. The van der Waals surface area contributed by atoms with Gasteiger partial charge in [0.15, 0.2) is 6.61 Å². The monoisotopic (exact) mass is 398 g/mol. The van der Waals surface area contributed by atoms with Gasteiger partial charge in [-0.25, -0.2) is 4.98 Å². The molecule has 3 heterocycles. The van der Waals surface area contributed by atoms with E-state index in [0.29, 0.717) is 17.3 Å². The van der Waals surface area contributed by atoms with Crippen molar-refractivity contribution in [1.82, 2.24) is 19.5 Å². The minimum absolute atomic E-state index is 0.0128. The van der Waals surface area contributed by atoms with E-state index in [9.17, 15) is 9.59 Å². The molecule has 1 aliphatic rings. The first kappa shape index (κ1) is 18.6. The SMILES string of the molecule is CC(C)c1cc(=O)n2nc(C3CCCN3C(=O)COc3ccccc3)sc2n1. The molecule has 0 saturated carbocycles. The summed E-state index contributed by atoms with van der Waals surface area (Å²) < 4.78 is 6.95. The Kier molecular flexibility index (Phi) is 5.13. The van der Waals surface area contributed by atoms with Crippen LogP contribution in [0.1, 0.15) is 49.4 Å². The van der Waals surface area contributed by atoms with E-state index >= 15 is 0 Å². The number of fused-ring (bicyclic) bond motifs is 1. The van der Waals surface area contributed by atoms with Crippen LogP contribution in [0.15, 0.2) is 41.2 Å². The highest BCUT2D eigenvalue weighted by Gasteiger charge is 2.33. The van der Waals surface area contributed by atoms with Crippen LogP contribution >= 0.6 is 11.3 Å². The van der Waals surface area contributed by atoms with E-state index in [2.05, 4.69) is 10.1 Å². The van der Waals surface area contributed by atoms with Gasteiger partial charge in [-0.15, -0.1) is 0 Å². The molecule has 2 aromatic heterocycles. The second-order valence-corrected chi connectivity index (χ2v) is 8.14. The maximum atomic E-state index is 12.7. The molecule has 7 nitrogen and oxygen atoms in total. The molecule has 0 bridgehead atoms. The standard InChI is InChI=1S/C20H22N4O3S/c1-13(2)15-11-17(25)24-20(21-15)28-19(22-24)16-9-6-10-23(16)18(26)12-27-14-7-4-3-5-8-14/h3-5,7-8,11,13,16H,6,9-10,12H2,1-2H3. The fourth-order valence-electron chi connectivity index (χ4n) is 3.34. The molecule has 3 aromatic rings. The molecule has 8 heteroatoms. The van der Waals surface area contributed by atoms with E-state index in [-0.39, 0.29) is 30.0 Å². The lowest BCUT2D eigenvalue weighted by Crippen LogP contribution is -2.34. The first-order valence-electron chi connectivity index (χ1n) is 9.41. The molecule has 0 spiro atoms. The lowest BCUT2D eigenvalue weighted by molar-refractivity contribution is -0.134. The van der Waals surface area contributed by atoms with Crippen LogP contribution in [0.4, 0.5) is 0 Å². The second-order valence-electron chi connectivity index (χ2n) is 7.16. The summed E-state index contributed by atoms with van der Waals surface area (Å²) in [5.74, 6) is 0.764. The van der Waals surface area contributed by atoms with Gasteiger partial charge in [-0.3, -0.25) is 9.59 Å². The van der Waals surface area contributed by atoms with Crippen molar-refractivity contribution in [1.29, 1.82) is 0 Å². The van der Waals surface area contributed by atoms with E-state index in [1.54, 1.807) is 4.90 Å². The first-order chi connectivity index (χ1) is 13.5. The van der Waals surface area contributed by atoms with Gasteiger partial charge in [0.25, 0.3) is 11.5 Å². The predicted molar refractivity (Wildman–Crippen MR) is 107 cm³/mol. The second kappa shape index (κ2) is 7.71. The fourth-order valence-corrected chi connectivity index (χ4v) is 4.40. The summed E-state index contributed by atoms with van der Waals surface area (Å²) in [4.78, 5) is 32.0. The average Bonchev–Trinajstić information content (AvgIpc) is 3.33. The van der Waals surface area contributed by atoms with Crippen molar-refractivity contribution in [2.45, 2.75) is 38.6 Å². The molecule has 0 N–H and O–H groups in total. The van der Waals surface area contributed by atoms with Gasteiger partial charge in [0, 0.05) is 12.6 Å². The van der Waals surface area contributed by atoms with Crippen molar-refractivity contribution in [2.24, 2.45) is 0 Å². The number of carbonyl (C=O) groups excluding carboxylic acids is 1. The maximum absolute atomic E-state index is 12.7. The summed E-state index contributed by atoms with van der Waals surface area (Å²) in [6.45, 7) is 4.66. The molecule has 0 aliphatic carbocycles. The zero-order chi connectivity index (χ0) is 19.7. The van der Waals surface area contributed by atoms with Crippen LogP contribution in [0.3, 0.4) is 0 Å². The lowest BCUT2D eigenvalue weighted by atomic mass is 10.1. The number of rotatable bonds is 5. The molecule has 1 saturated heterocycles. The Morgan fingerprint density at radius 3 is 2.86 bits per heavy atom. The molecule has 1 fully saturated rings. The van der Waals surface area contributed by atoms with Crippen LogP contribution < -0.4 is 10.3 Å². The number of ether oxygens (including phenoxy) is 1. The number of likely N-dealkylation sites (tertiary alicyclic amines) is 1. The molecule has 1 atom stereocenters. The number of hydrogen-bond donors (Lipinski definition) is 0. The zero-order valence-electron chi connectivity index (χ0n) is 15.9. The van der Waals surface area contributed by atoms with Gasteiger partial charge >= 0.3 is 0 Å². The molecule has 4 rings (SSSR count). The maximum Gasteiger partial charge on any atom is 0.275 e. The van der Waals surface area contributed by atoms with Gasteiger partial charge in [-0.05, 0) is 30.9 Å². The van der Waals surface area contributed by atoms with Crippen molar-refractivity contribution in [3.05, 3.63) is 57.5 Å². The van der Waals surface area contributed by atoms with E-state index in [0.717, 1.165) is 23.5 Å². The van der Waals surface area contributed by atoms with Gasteiger partial charge in [0.1, 0.15) is 10.8 Å². The highest BCUT2D eigenvalue weighted by Crippen LogP contribution is 2.34. The summed E-state index contributed by atoms with van der Waals surface area (Å²) in [5.41, 5.74) is 0.579. The van der Waals surface area contributed by atoms with Crippen molar-refractivity contribution >= 4 is 22.2 Å². The Labute approximate surface area is 166 Å². The van der Waals surface area contributed by atoms with Gasteiger partial charge in [0.05, 0.1) is 11.7 Å². The Bertz CT molecular complexity index is 1040. The van der Waals surface area contributed by atoms with Crippen LogP contribution in [0, 0.1) is 0 Å². The number of para-hydroxylation sites is 1. The molecule has 1 aliphatic heterocycles. The molecule has 1 aromatic carbocycles. The van der Waals surface area contributed by atoms with Gasteiger partial charge in [0.2, 0.25) is 4.96 Å². The zero-order valence-corrected chi connectivity index (χ0v) is 16.7. The molecule has 1 amide bonds. The summed E-state index contributed by atoms with van der Waals surface area (Å²) in [5, 5.41) is 5.22. The summed E-state index contributed by atoms with van der Waals surface area (Å²) in [7, 11) is 0. The topological polar surface area (TPSA) is 76.8 Å². The van der Waals surface area contributed by atoms with Crippen LogP contribution in [0.2, 0.25) is 0 Å². The third-order valence-electron chi connectivity index (χ3n) is 4.84. The minimum atomic E-state index is -0.181. The quantitative estimate of drug-likeness (QED) is 0.660. The van der Waals surface area contributed by atoms with Crippen LogP contribution in [0.5, 0.6) is 5.75 Å². The Morgan fingerprint density at radius 2 is 2.11 bits per heavy atom. The smallest absolute Gasteiger partial charge is 0.275 e. The van der Waals surface area contributed by atoms with Gasteiger partial charge in [-0.2, -0.15) is 9.61 Å². The molecule has 0 radical (unpaired) electrons. The van der Waals surface area contributed by atoms with Gasteiger partial charge in [-0.1, -0.05) is 43.4 Å². The van der Waals surface area contributed by atoms with Crippen LogP contribution in [-0.2, 0) is 4.79 Å². The van der Waals surface area contributed by atoms with Crippen molar-refractivity contribution in [3.8, 4) is 5.75 Å². The van der Waals surface area contributed by atoms with E-state index in [4.69, 9.17) is 4.74 Å². The third kappa shape index (κ3) is 3.64. The number of amides is 1. The Balaban J connectivity index is 1.55. The largest absolute Gasteiger partial charge is 0.484 e. The summed E-state index contributed by atoms with van der Waals surface area (Å²) in [6, 6.07) is 10.7. The van der Waals surface area contributed by atoms with E-state index in [1.165, 1.54) is 21.9 Å². The number of benzene rings is 1. The van der Waals surface area contributed by atoms with Crippen LogP contribution in [-0.4, -0.2) is 38.6 Å². The average molecular weight is 398 g/mol. The van der Waals surface area contributed by atoms with Crippen molar-refractivity contribution in [2.75, 3.05) is 13.2 Å². The summed E-state index contributed by atoms with van der Waals surface area (Å²) in [6.07, 6.45) is 1.72. The Morgan fingerprint density at radius 1 is 1.32 bits per heavy atom. The minimum Gasteiger partial charge on any atom is -0.484 e. The van der Waals surface area contributed by atoms with Crippen molar-refractivity contribution < 1.29 is 9.53 Å². The molecule has 146 valence electrons. The van der Waals surface area contributed by atoms with Crippen molar-refractivity contribution in [3.63, 3.8) is 0 Å². The molecule has 28 heavy (non-hydrogen) atoms. The van der Waals surface area contributed by atoms with Crippen LogP contribution in [0.25, 0.3) is 4.96 Å². The van der Waals surface area contributed by atoms with Gasteiger partial charge < -0.3 is 9.64 Å². The van der Waals surface area contributed by atoms with E-state index in [1.807, 2.05) is 44.2 Å². The molecule has 1 unspecified atom stereocenters. The molecular weight excluding hydrogens is 376 g/mol. The number of carbonyl (C=O) groups is 1. The van der Waals surface area contributed by atoms with E-state index < -0.39 is 0 Å². The number of hydrogen-bond acceptors (Lipinski definition) is 6. The number of aromatic nitrogens is 3. The Hall–Kier alpha value is -2.74. The third-order valence-corrected chi connectivity index (χ3v) is 5.85.